The number of aliphatic carboxylic acids is 1. The van der Waals surface area contributed by atoms with Crippen LogP contribution in [-0.2, 0) is 23.9 Å². The summed E-state index contributed by atoms with van der Waals surface area (Å²) in [6.07, 6.45) is 10.9. The van der Waals surface area contributed by atoms with E-state index in [-0.39, 0.29) is 49.2 Å². The number of carboxylic acids is 1. The number of Topliss-reactive ketones (excluding diaryl/α,β-unsaturated/α-hetero) is 1. The number of hydrogen-bond acceptors (Lipinski definition) is 7. The smallest absolute Gasteiger partial charge is 0.310 e. The Morgan fingerprint density at radius 3 is 2.51 bits per heavy atom. The highest BCUT2D eigenvalue weighted by Crippen LogP contribution is 2.67. The van der Waals surface area contributed by atoms with Gasteiger partial charge in [-0.25, -0.2) is 0 Å². The molecule has 0 aromatic carbocycles. The maximum atomic E-state index is 13.4. The van der Waals surface area contributed by atoms with Gasteiger partial charge >= 0.3 is 11.9 Å². The van der Waals surface area contributed by atoms with Crippen LogP contribution in [0.3, 0.4) is 0 Å². The van der Waals surface area contributed by atoms with Gasteiger partial charge in [0.05, 0.1) is 17.9 Å². The molecule has 5 aliphatic rings. The number of hydrogen-bond donors (Lipinski definition) is 3. The number of carbonyl (C=O) groups excluding carboxylic acids is 3. The van der Waals surface area contributed by atoms with E-state index in [0.29, 0.717) is 6.42 Å². The number of rotatable bonds is 5. The monoisotopic (exact) mass is 512 g/mol. The molecule has 9 atom stereocenters. The zero-order valence-electron chi connectivity index (χ0n) is 21.4. The molecule has 3 fully saturated rings. The van der Waals surface area contributed by atoms with E-state index in [4.69, 9.17) is 4.74 Å². The van der Waals surface area contributed by atoms with E-state index >= 15 is 0 Å². The summed E-state index contributed by atoms with van der Waals surface area (Å²) in [5.41, 5.74) is -2.04. The lowest BCUT2D eigenvalue weighted by molar-refractivity contribution is -0.182. The number of carbonyl (C=O) groups is 4. The fraction of sp³-hybridized carbons (Fsp3) is 0.655. The van der Waals surface area contributed by atoms with Crippen LogP contribution in [-0.4, -0.2) is 57.1 Å². The molecule has 0 spiro atoms. The van der Waals surface area contributed by atoms with Crippen LogP contribution in [0.4, 0.5) is 0 Å². The van der Waals surface area contributed by atoms with E-state index in [2.05, 4.69) is 6.92 Å². The molecule has 5 rings (SSSR count). The van der Waals surface area contributed by atoms with Gasteiger partial charge < -0.3 is 20.1 Å². The summed E-state index contributed by atoms with van der Waals surface area (Å²) in [7, 11) is 0. The van der Waals surface area contributed by atoms with E-state index in [1.54, 1.807) is 24.3 Å². The zero-order chi connectivity index (χ0) is 26.8. The predicted octanol–water partition coefficient (Wildman–Crippen LogP) is 2.78. The van der Waals surface area contributed by atoms with Gasteiger partial charge in [0.2, 0.25) is 5.78 Å². The number of aliphatic hydroxyl groups is 2. The van der Waals surface area contributed by atoms with Gasteiger partial charge in [0.25, 0.3) is 0 Å². The van der Waals surface area contributed by atoms with Crippen LogP contribution < -0.4 is 0 Å². The van der Waals surface area contributed by atoms with Crippen molar-refractivity contribution in [2.75, 3.05) is 6.61 Å². The summed E-state index contributed by atoms with van der Waals surface area (Å²) < 4.78 is 5.30. The summed E-state index contributed by atoms with van der Waals surface area (Å²) in [4.78, 5) is 49.7. The number of aliphatic hydroxyl groups excluding tert-OH is 1. The van der Waals surface area contributed by atoms with E-state index in [1.165, 1.54) is 0 Å². The Hall–Kier alpha value is -2.58. The molecule has 8 nitrogen and oxygen atoms in total. The quantitative estimate of drug-likeness (QED) is 0.378. The van der Waals surface area contributed by atoms with Gasteiger partial charge in [-0.05, 0) is 68.9 Å². The number of allylic oxidation sites excluding steroid dienone is 6. The molecule has 0 aromatic heterocycles. The summed E-state index contributed by atoms with van der Waals surface area (Å²) >= 11 is 0. The number of fused-ring (bicyclic) bond motifs is 5. The molecule has 0 saturated heterocycles. The van der Waals surface area contributed by atoms with Gasteiger partial charge in [0.1, 0.15) is 5.60 Å². The average Bonchev–Trinajstić information content (AvgIpc) is 3.13. The molecule has 37 heavy (non-hydrogen) atoms. The molecule has 200 valence electrons. The van der Waals surface area contributed by atoms with Gasteiger partial charge in [-0.15, -0.1) is 0 Å². The fourth-order valence-electron chi connectivity index (χ4n) is 8.50. The van der Waals surface area contributed by atoms with Crippen molar-refractivity contribution < 1.29 is 39.2 Å². The Balaban J connectivity index is 1.33. The SMILES string of the molecule is CC12C=CC(=O)C=C1CCC1C2C(O)CC2(C)C1CCC2(O)C(=O)COC(=O)C1CC=CCC1C(=O)O. The van der Waals surface area contributed by atoms with Gasteiger partial charge in [0, 0.05) is 16.7 Å². The Morgan fingerprint density at radius 1 is 1.11 bits per heavy atom. The molecule has 9 unspecified atom stereocenters. The molecule has 0 heterocycles. The third-order valence-electron chi connectivity index (χ3n) is 10.5. The second-order valence-corrected chi connectivity index (χ2v) is 12.1. The summed E-state index contributed by atoms with van der Waals surface area (Å²) in [5, 5.41) is 32.7. The fourth-order valence-corrected chi connectivity index (χ4v) is 8.50. The van der Waals surface area contributed by atoms with E-state index < -0.39 is 58.7 Å². The Bertz CT molecular complexity index is 1120. The molecule has 8 heteroatoms. The van der Waals surface area contributed by atoms with Crippen LogP contribution >= 0.6 is 0 Å². The van der Waals surface area contributed by atoms with Crippen molar-refractivity contribution in [1.29, 1.82) is 0 Å². The van der Waals surface area contributed by atoms with Crippen LogP contribution in [0.1, 0.15) is 58.8 Å². The molecule has 0 aliphatic heterocycles. The number of carboxylic acid groups (broad SMARTS) is 1. The minimum absolute atomic E-state index is 0.00479. The van der Waals surface area contributed by atoms with Crippen molar-refractivity contribution >= 4 is 23.5 Å². The lowest BCUT2D eigenvalue weighted by Gasteiger charge is -2.59. The minimum atomic E-state index is -1.75. The lowest BCUT2D eigenvalue weighted by Crippen LogP contribution is -2.61. The standard InChI is InChI=1S/C29H36O8/c1-27-11-9-17(30)13-16(27)7-8-20-21-10-12-29(36,28(21,2)14-22(31)24(20)27)23(32)15-37-26(35)19-6-4-3-5-18(19)25(33)34/h3-4,9,11,13,18-22,24,31,36H,5-8,10,12,14-15H2,1-2H3,(H,33,34). The molecule has 5 aliphatic carbocycles. The summed E-state index contributed by atoms with van der Waals surface area (Å²) in [6.45, 7) is 3.31. The topological polar surface area (TPSA) is 138 Å². The van der Waals surface area contributed by atoms with Crippen LogP contribution in [0.2, 0.25) is 0 Å². The first-order valence-corrected chi connectivity index (χ1v) is 13.3. The summed E-state index contributed by atoms with van der Waals surface area (Å²) in [6, 6.07) is 0. The highest BCUT2D eigenvalue weighted by molar-refractivity contribution is 6.01. The zero-order valence-corrected chi connectivity index (χ0v) is 21.4. The van der Waals surface area contributed by atoms with Crippen molar-refractivity contribution in [1.82, 2.24) is 0 Å². The second-order valence-electron chi connectivity index (χ2n) is 12.1. The molecule has 0 amide bonds. The molecular formula is C29H36O8. The van der Waals surface area contributed by atoms with Crippen molar-refractivity contribution in [2.24, 2.45) is 40.4 Å². The molecule has 0 bridgehead atoms. The number of ketones is 2. The van der Waals surface area contributed by atoms with E-state index in [1.807, 2.05) is 13.0 Å². The van der Waals surface area contributed by atoms with Crippen LogP contribution in [0, 0.1) is 40.4 Å². The first-order chi connectivity index (χ1) is 17.4. The first kappa shape index (κ1) is 26.0. The maximum absolute atomic E-state index is 13.4. The van der Waals surface area contributed by atoms with Gasteiger partial charge in [-0.3, -0.25) is 19.2 Å². The van der Waals surface area contributed by atoms with Crippen molar-refractivity contribution in [3.63, 3.8) is 0 Å². The molecule has 0 radical (unpaired) electrons. The van der Waals surface area contributed by atoms with Crippen molar-refractivity contribution in [3.8, 4) is 0 Å². The van der Waals surface area contributed by atoms with Crippen molar-refractivity contribution in [2.45, 2.75) is 70.5 Å². The van der Waals surface area contributed by atoms with E-state index in [0.717, 1.165) is 18.4 Å². The molecule has 3 saturated carbocycles. The van der Waals surface area contributed by atoms with Gasteiger partial charge in [0.15, 0.2) is 12.4 Å². The maximum Gasteiger partial charge on any atom is 0.310 e. The van der Waals surface area contributed by atoms with Gasteiger partial charge in [-0.1, -0.05) is 37.6 Å². The first-order valence-electron chi connectivity index (χ1n) is 13.3. The Kier molecular flexibility index (Phi) is 6.35. The second kappa shape index (κ2) is 9.02. The average molecular weight is 513 g/mol. The largest absolute Gasteiger partial charge is 0.481 e. The Labute approximate surface area is 216 Å². The van der Waals surface area contributed by atoms with Crippen LogP contribution in [0.5, 0.6) is 0 Å². The summed E-state index contributed by atoms with van der Waals surface area (Å²) in [5.74, 6) is -4.26. The van der Waals surface area contributed by atoms with E-state index in [9.17, 15) is 34.5 Å². The van der Waals surface area contributed by atoms with Gasteiger partial charge in [-0.2, -0.15) is 0 Å². The number of ether oxygens (including phenoxy) is 1. The highest BCUT2D eigenvalue weighted by Gasteiger charge is 2.68. The molecule has 3 N–H and O–H groups in total. The van der Waals surface area contributed by atoms with Crippen LogP contribution in [0.15, 0.2) is 36.0 Å². The normalized spacial score (nSPS) is 44.3. The molecular weight excluding hydrogens is 476 g/mol. The minimum Gasteiger partial charge on any atom is -0.481 e. The third kappa shape index (κ3) is 3.86. The van der Waals surface area contributed by atoms with Crippen LogP contribution in [0.25, 0.3) is 0 Å². The third-order valence-corrected chi connectivity index (χ3v) is 10.5. The highest BCUT2D eigenvalue weighted by atomic mass is 16.5. The molecule has 0 aromatic rings. The Morgan fingerprint density at radius 2 is 1.81 bits per heavy atom. The lowest BCUT2D eigenvalue weighted by atomic mass is 9.46. The predicted molar refractivity (Wildman–Crippen MR) is 132 cm³/mol. The number of esters is 1. The van der Waals surface area contributed by atoms with Crippen molar-refractivity contribution in [3.05, 3.63) is 36.0 Å².